The minimum absolute atomic E-state index is 0.00684. The highest BCUT2D eigenvalue weighted by Crippen LogP contribution is 2.29. The lowest BCUT2D eigenvalue weighted by atomic mass is 10.1. The monoisotopic (exact) mass is 666 g/mol. The van der Waals surface area contributed by atoms with Crippen molar-refractivity contribution in [2.45, 2.75) is 58.4 Å². The molecule has 0 spiro atoms. The Kier molecular flexibility index (Phi) is 9.28. The maximum atomic E-state index is 13.1. The average molecular weight is 668 g/mol. The van der Waals surface area contributed by atoms with Crippen LogP contribution in [0, 0.1) is 0 Å². The van der Waals surface area contributed by atoms with Gasteiger partial charge in [-0.2, -0.15) is 18.3 Å². The number of fused-ring (bicyclic) bond motifs is 1. The molecule has 0 aliphatic heterocycles. The van der Waals surface area contributed by atoms with Crippen molar-refractivity contribution in [1.82, 2.24) is 24.3 Å². The predicted molar refractivity (Wildman–Crippen MR) is 168 cm³/mol. The fourth-order valence-corrected chi connectivity index (χ4v) is 5.29. The topological polar surface area (TPSA) is 94.7 Å². The number of benzene rings is 2. The van der Waals surface area contributed by atoms with Crippen molar-refractivity contribution in [1.29, 1.82) is 0 Å². The molecule has 5 aromatic rings. The number of hydrogen-bond acceptors (Lipinski definition) is 6. The maximum absolute atomic E-state index is 13.1. The van der Waals surface area contributed by atoms with E-state index >= 15 is 0 Å². The van der Waals surface area contributed by atoms with Crippen LogP contribution in [0.15, 0.2) is 87.4 Å². The molecule has 0 saturated carbocycles. The largest absolute Gasteiger partial charge is 0.419 e. The highest BCUT2D eigenvalue weighted by Gasteiger charge is 2.31. The third kappa shape index (κ3) is 7.07. The Bertz CT molecular complexity index is 1890. The standard InChI is InChI=1S/C32H30BrF3N6O2/c1-3-21-6-8-22(9-7-21)19-42-31(44)28(33)27(18-39-42)40-20(2)5-4-13-41-14-12-23-15-24(10-11-26(23)30(41)43)29-37-16-25(17-38-29)32(34,35)36/h6-12,14-18,20,40H,3-5,13,19H2,1-2H3/t20-/m0/s1. The van der Waals surface area contributed by atoms with Gasteiger partial charge in [0.1, 0.15) is 4.47 Å². The lowest BCUT2D eigenvalue weighted by molar-refractivity contribution is -0.138. The third-order valence-corrected chi connectivity index (χ3v) is 8.17. The number of halogens is 4. The molecule has 0 saturated heterocycles. The molecule has 2 aromatic carbocycles. The van der Waals surface area contributed by atoms with Crippen LogP contribution in [0.1, 0.15) is 43.4 Å². The van der Waals surface area contributed by atoms with Gasteiger partial charge in [-0.05, 0) is 76.8 Å². The first-order valence-corrected chi connectivity index (χ1v) is 15.0. The zero-order valence-corrected chi connectivity index (χ0v) is 25.7. The van der Waals surface area contributed by atoms with Gasteiger partial charge in [0.25, 0.3) is 11.1 Å². The highest BCUT2D eigenvalue weighted by atomic mass is 79.9. The minimum atomic E-state index is -4.51. The summed E-state index contributed by atoms with van der Waals surface area (Å²) in [5.74, 6) is 0.145. The lowest BCUT2D eigenvalue weighted by Crippen LogP contribution is -2.27. The van der Waals surface area contributed by atoms with Crippen LogP contribution >= 0.6 is 15.9 Å². The summed E-state index contributed by atoms with van der Waals surface area (Å²) in [7, 11) is 0. The molecule has 12 heteroatoms. The first kappa shape index (κ1) is 31.1. The molecule has 1 N–H and O–H groups in total. The normalized spacial score (nSPS) is 12.4. The molecule has 1 atom stereocenters. The average Bonchev–Trinajstić information content (AvgIpc) is 3.02. The van der Waals surface area contributed by atoms with Gasteiger partial charge in [0, 0.05) is 42.1 Å². The van der Waals surface area contributed by atoms with Gasteiger partial charge in [0.05, 0.1) is 24.0 Å². The molecule has 0 bridgehead atoms. The molecule has 3 heterocycles. The van der Waals surface area contributed by atoms with E-state index in [0.717, 1.165) is 30.8 Å². The fraction of sp³-hybridized carbons (Fsp3) is 0.281. The van der Waals surface area contributed by atoms with Gasteiger partial charge in [-0.3, -0.25) is 9.59 Å². The SMILES string of the molecule is CCc1ccc(Cn2ncc(N[C@@H](C)CCCn3ccc4cc(-c5ncc(C(F)(F)F)cn5)ccc4c3=O)c(Br)c2=O)cc1. The van der Waals surface area contributed by atoms with Gasteiger partial charge < -0.3 is 9.88 Å². The van der Waals surface area contributed by atoms with Crippen molar-refractivity contribution >= 4 is 32.4 Å². The summed E-state index contributed by atoms with van der Waals surface area (Å²) < 4.78 is 42.0. The van der Waals surface area contributed by atoms with Crippen molar-refractivity contribution < 1.29 is 13.2 Å². The van der Waals surface area contributed by atoms with Crippen molar-refractivity contribution in [3.05, 3.63) is 115 Å². The Hall–Kier alpha value is -4.32. The Morgan fingerprint density at radius 2 is 1.66 bits per heavy atom. The van der Waals surface area contributed by atoms with Gasteiger partial charge in [0.2, 0.25) is 0 Å². The second-order valence-electron chi connectivity index (χ2n) is 10.6. The summed E-state index contributed by atoms with van der Waals surface area (Å²) in [5.41, 5.74) is 2.04. The Morgan fingerprint density at radius 3 is 2.34 bits per heavy atom. The van der Waals surface area contributed by atoms with E-state index < -0.39 is 11.7 Å². The van der Waals surface area contributed by atoms with E-state index in [1.165, 1.54) is 10.2 Å². The summed E-state index contributed by atoms with van der Waals surface area (Å²) in [6.45, 7) is 4.96. The summed E-state index contributed by atoms with van der Waals surface area (Å²) in [6, 6.07) is 14.9. The zero-order chi connectivity index (χ0) is 31.4. The number of nitrogens with zero attached hydrogens (tertiary/aromatic N) is 5. The van der Waals surface area contributed by atoms with Crippen molar-refractivity contribution in [3.63, 3.8) is 0 Å². The molecule has 0 aliphatic rings. The molecule has 0 fully saturated rings. The number of nitrogens with one attached hydrogen (secondary N) is 1. The van der Waals surface area contributed by atoms with Gasteiger partial charge in [-0.25, -0.2) is 14.6 Å². The number of anilines is 1. The van der Waals surface area contributed by atoms with Crippen LogP contribution < -0.4 is 16.4 Å². The Labute approximate surface area is 259 Å². The van der Waals surface area contributed by atoms with E-state index in [-0.39, 0.29) is 23.0 Å². The molecule has 8 nitrogen and oxygen atoms in total. The Morgan fingerprint density at radius 1 is 0.955 bits per heavy atom. The molecule has 3 aromatic heterocycles. The van der Waals surface area contributed by atoms with Gasteiger partial charge >= 0.3 is 6.18 Å². The number of pyridine rings is 1. The lowest BCUT2D eigenvalue weighted by Gasteiger charge is -2.17. The van der Waals surface area contributed by atoms with Crippen LogP contribution in [0.5, 0.6) is 0 Å². The second-order valence-corrected chi connectivity index (χ2v) is 11.4. The molecular formula is C32H30BrF3N6O2. The van der Waals surface area contributed by atoms with Crippen LogP contribution in [0.2, 0.25) is 0 Å². The van der Waals surface area contributed by atoms with E-state index in [0.29, 0.717) is 46.0 Å². The van der Waals surface area contributed by atoms with E-state index in [2.05, 4.69) is 55.4 Å². The third-order valence-electron chi connectivity index (χ3n) is 7.40. The minimum Gasteiger partial charge on any atom is -0.380 e. The van der Waals surface area contributed by atoms with Crippen LogP contribution in [-0.4, -0.2) is 30.4 Å². The van der Waals surface area contributed by atoms with E-state index in [9.17, 15) is 22.8 Å². The number of alkyl halides is 3. The van der Waals surface area contributed by atoms with E-state index in [4.69, 9.17) is 0 Å². The molecule has 0 radical (unpaired) electrons. The molecule has 0 unspecified atom stereocenters. The maximum Gasteiger partial charge on any atom is 0.419 e. The second kappa shape index (κ2) is 13.1. The van der Waals surface area contributed by atoms with E-state index in [1.807, 2.05) is 19.1 Å². The van der Waals surface area contributed by atoms with Gasteiger partial charge in [-0.15, -0.1) is 0 Å². The van der Waals surface area contributed by atoms with E-state index in [1.54, 1.807) is 41.2 Å². The van der Waals surface area contributed by atoms with Crippen LogP contribution in [-0.2, 0) is 25.7 Å². The number of hydrogen-bond donors (Lipinski definition) is 1. The fourth-order valence-electron chi connectivity index (χ4n) is 4.86. The quantitative estimate of drug-likeness (QED) is 0.179. The molecule has 0 amide bonds. The van der Waals surface area contributed by atoms with Crippen LogP contribution in [0.3, 0.4) is 0 Å². The van der Waals surface area contributed by atoms with Crippen molar-refractivity contribution in [2.24, 2.45) is 0 Å². The Balaban J connectivity index is 1.19. The number of rotatable bonds is 10. The number of aromatic nitrogens is 5. The molecule has 0 aliphatic carbocycles. The predicted octanol–water partition coefficient (Wildman–Crippen LogP) is 6.69. The first-order valence-electron chi connectivity index (χ1n) is 14.2. The molecular weight excluding hydrogens is 637 g/mol. The molecule has 44 heavy (non-hydrogen) atoms. The molecule has 228 valence electrons. The smallest absolute Gasteiger partial charge is 0.380 e. The number of aryl methyl sites for hydroxylation is 2. The first-order chi connectivity index (χ1) is 21.0. The van der Waals surface area contributed by atoms with Crippen LogP contribution in [0.4, 0.5) is 18.9 Å². The summed E-state index contributed by atoms with van der Waals surface area (Å²) in [6.07, 6.45) is 2.71. The summed E-state index contributed by atoms with van der Waals surface area (Å²) >= 11 is 3.43. The van der Waals surface area contributed by atoms with Crippen molar-refractivity contribution in [3.8, 4) is 11.4 Å². The van der Waals surface area contributed by atoms with Gasteiger partial charge in [-0.1, -0.05) is 37.3 Å². The van der Waals surface area contributed by atoms with Crippen molar-refractivity contribution in [2.75, 3.05) is 5.32 Å². The summed E-state index contributed by atoms with van der Waals surface area (Å²) in [5, 5.41) is 8.82. The summed E-state index contributed by atoms with van der Waals surface area (Å²) in [4.78, 5) is 33.7. The van der Waals surface area contributed by atoms with Crippen LogP contribution in [0.25, 0.3) is 22.2 Å². The van der Waals surface area contributed by atoms with Gasteiger partial charge in [0.15, 0.2) is 5.82 Å². The highest BCUT2D eigenvalue weighted by molar-refractivity contribution is 9.10. The zero-order valence-electron chi connectivity index (χ0n) is 24.1. The molecule has 5 rings (SSSR count).